The van der Waals surface area contributed by atoms with Gasteiger partial charge in [0, 0.05) is 10.2 Å². The molecule has 2 aromatic carbocycles. The monoisotopic (exact) mass is 410 g/mol. The number of anilines is 2. The summed E-state index contributed by atoms with van der Waals surface area (Å²) in [7, 11) is 0. The Kier molecular flexibility index (Phi) is 6.23. The van der Waals surface area contributed by atoms with Crippen LogP contribution in [0.5, 0.6) is 0 Å². The number of ether oxygens (including phenoxy) is 1. The van der Waals surface area contributed by atoms with Crippen LogP contribution in [0.3, 0.4) is 0 Å². The van der Waals surface area contributed by atoms with Crippen LogP contribution in [0.2, 0.25) is 5.02 Å². The number of urea groups is 1. The maximum atomic E-state index is 12.0. The first-order chi connectivity index (χ1) is 11.3. The van der Waals surface area contributed by atoms with Crippen molar-refractivity contribution >= 4 is 50.9 Å². The van der Waals surface area contributed by atoms with Crippen LogP contribution in [0.15, 0.2) is 46.9 Å². The van der Waals surface area contributed by atoms with Gasteiger partial charge in [-0.2, -0.15) is 0 Å². The average Bonchev–Trinajstić information content (AvgIpc) is 2.50. The number of amides is 2. The van der Waals surface area contributed by atoms with Gasteiger partial charge in [-0.15, -0.1) is 0 Å². The lowest BCUT2D eigenvalue weighted by molar-refractivity contribution is 0.0378. The van der Waals surface area contributed by atoms with E-state index in [1.54, 1.807) is 56.3 Å². The Morgan fingerprint density at radius 3 is 2.33 bits per heavy atom. The number of benzene rings is 2. The molecule has 0 bridgehead atoms. The second-order valence-electron chi connectivity index (χ2n) is 5.23. The van der Waals surface area contributed by atoms with Crippen molar-refractivity contribution in [3.05, 3.63) is 57.5 Å². The molecule has 0 radical (unpaired) electrons. The summed E-state index contributed by atoms with van der Waals surface area (Å²) in [5, 5.41) is 5.74. The van der Waals surface area contributed by atoms with E-state index >= 15 is 0 Å². The summed E-state index contributed by atoms with van der Waals surface area (Å²) >= 11 is 9.35. The maximum Gasteiger partial charge on any atom is 0.338 e. The smallest absolute Gasteiger partial charge is 0.338 e. The van der Waals surface area contributed by atoms with E-state index in [-0.39, 0.29) is 6.10 Å². The second-order valence-corrected chi connectivity index (χ2v) is 6.56. The molecule has 2 N–H and O–H groups in total. The first-order valence-electron chi connectivity index (χ1n) is 7.19. The van der Waals surface area contributed by atoms with Crippen LogP contribution in [0, 0.1) is 0 Å². The van der Waals surface area contributed by atoms with Crippen LogP contribution in [0.4, 0.5) is 16.2 Å². The van der Waals surface area contributed by atoms with Crippen molar-refractivity contribution in [3.8, 4) is 0 Å². The summed E-state index contributed by atoms with van der Waals surface area (Å²) in [6, 6.07) is 11.1. The molecule has 0 aliphatic carbocycles. The Labute approximate surface area is 153 Å². The van der Waals surface area contributed by atoms with Crippen LogP contribution in [0.1, 0.15) is 24.2 Å². The zero-order chi connectivity index (χ0) is 17.7. The standard InChI is InChI=1S/C17H16BrClN2O3/c1-10(2)24-16(22)11-3-6-13(7-4-11)20-17(23)21-15-8-5-12(18)9-14(15)19/h3-10H,1-2H3,(H2,20,21,23). The fourth-order valence-electron chi connectivity index (χ4n) is 1.85. The summed E-state index contributed by atoms with van der Waals surface area (Å²) in [6.45, 7) is 3.57. The lowest BCUT2D eigenvalue weighted by Crippen LogP contribution is -2.19. The molecule has 0 fully saturated rings. The molecule has 5 nitrogen and oxygen atoms in total. The lowest BCUT2D eigenvalue weighted by atomic mass is 10.2. The van der Waals surface area contributed by atoms with Gasteiger partial charge in [-0.25, -0.2) is 9.59 Å². The number of carbonyl (C=O) groups excluding carboxylic acids is 2. The first-order valence-corrected chi connectivity index (χ1v) is 8.36. The third-order valence-corrected chi connectivity index (χ3v) is 3.71. The normalized spacial score (nSPS) is 10.4. The van der Waals surface area contributed by atoms with Crippen molar-refractivity contribution in [2.24, 2.45) is 0 Å². The predicted molar refractivity (Wildman–Crippen MR) is 98.8 cm³/mol. The summed E-state index contributed by atoms with van der Waals surface area (Å²) in [5.41, 5.74) is 1.46. The van der Waals surface area contributed by atoms with Crippen molar-refractivity contribution < 1.29 is 14.3 Å². The fourth-order valence-corrected chi connectivity index (χ4v) is 2.57. The number of halogens is 2. The summed E-state index contributed by atoms with van der Waals surface area (Å²) < 4.78 is 5.92. The Morgan fingerprint density at radius 1 is 1.08 bits per heavy atom. The lowest BCUT2D eigenvalue weighted by Gasteiger charge is -2.10. The fraction of sp³-hybridized carbons (Fsp3) is 0.176. The summed E-state index contributed by atoms with van der Waals surface area (Å²) in [5.74, 6) is -0.400. The van der Waals surface area contributed by atoms with Crippen molar-refractivity contribution in [1.82, 2.24) is 0 Å². The molecular formula is C17H16BrClN2O3. The third-order valence-electron chi connectivity index (χ3n) is 2.90. The molecule has 0 saturated carbocycles. The van der Waals surface area contributed by atoms with E-state index in [4.69, 9.17) is 16.3 Å². The van der Waals surface area contributed by atoms with Crippen molar-refractivity contribution in [2.45, 2.75) is 20.0 Å². The van der Waals surface area contributed by atoms with Gasteiger partial charge in [-0.1, -0.05) is 27.5 Å². The minimum absolute atomic E-state index is 0.184. The van der Waals surface area contributed by atoms with Gasteiger partial charge < -0.3 is 15.4 Å². The van der Waals surface area contributed by atoms with Gasteiger partial charge in [0.2, 0.25) is 0 Å². The van der Waals surface area contributed by atoms with Crippen LogP contribution >= 0.6 is 27.5 Å². The highest BCUT2D eigenvalue weighted by Crippen LogP contribution is 2.25. The van der Waals surface area contributed by atoms with Crippen molar-refractivity contribution in [2.75, 3.05) is 10.6 Å². The minimum atomic E-state index is -0.434. The zero-order valence-corrected chi connectivity index (χ0v) is 15.4. The molecule has 2 aromatic rings. The molecule has 0 aliphatic heterocycles. The topological polar surface area (TPSA) is 67.4 Å². The highest BCUT2D eigenvalue weighted by Gasteiger charge is 2.10. The number of nitrogens with one attached hydrogen (secondary N) is 2. The molecule has 24 heavy (non-hydrogen) atoms. The quantitative estimate of drug-likeness (QED) is 0.670. The molecule has 0 unspecified atom stereocenters. The zero-order valence-electron chi connectivity index (χ0n) is 13.1. The SMILES string of the molecule is CC(C)OC(=O)c1ccc(NC(=O)Nc2ccc(Br)cc2Cl)cc1. The van der Waals surface area contributed by atoms with E-state index in [1.807, 2.05) is 0 Å². The largest absolute Gasteiger partial charge is 0.459 e. The molecule has 0 saturated heterocycles. The van der Waals surface area contributed by atoms with Gasteiger partial charge in [-0.05, 0) is 56.3 Å². The van der Waals surface area contributed by atoms with Crippen molar-refractivity contribution in [1.29, 1.82) is 0 Å². The van der Waals surface area contributed by atoms with Crippen LogP contribution in [-0.4, -0.2) is 18.1 Å². The number of carbonyl (C=O) groups is 2. The second kappa shape index (κ2) is 8.17. The van der Waals surface area contributed by atoms with Gasteiger partial charge in [0.25, 0.3) is 0 Å². The van der Waals surface area contributed by atoms with Crippen LogP contribution < -0.4 is 10.6 Å². The van der Waals surface area contributed by atoms with E-state index in [9.17, 15) is 9.59 Å². The Bertz CT molecular complexity index is 748. The highest BCUT2D eigenvalue weighted by molar-refractivity contribution is 9.10. The van der Waals surface area contributed by atoms with Crippen LogP contribution in [0.25, 0.3) is 0 Å². The van der Waals surface area contributed by atoms with Gasteiger partial charge in [0.15, 0.2) is 0 Å². The predicted octanol–water partition coefficient (Wildman–Crippen LogP) is 5.31. The van der Waals surface area contributed by atoms with Gasteiger partial charge in [-0.3, -0.25) is 0 Å². The highest BCUT2D eigenvalue weighted by atomic mass is 79.9. The Hall–Kier alpha value is -2.05. The van der Waals surface area contributed by atoms with Gasteiger partial charge in [0.1, 0.15) is 0 Å². The number of esters is 1. The summed E-state index contributed by atoms with van der Waals surface area (Å²) in [4.78, 5) is 23.8. The molecular weight excluding hydrogens is 396 g/mol. The number of hydrogen-bond donors (Lipinski definition) is 2. The van der Waals surface area contributed by atoms with Gasteiger partial charge in [0.05, 0.1) is 22.4 Å². The molecule has 0 aromatic heterocycles. The van der Waals surface area contributed by atoms with Gasteiger partial charge >= 0.3 is 12.0 Å². The molecule has 2 amide bonds. The van der Waals surface area contributed by atoms with E-state index in [2.05, 4.69) is 26.6 Å². The Balaban J connectivity index is 1.98. The Morgan fingerprint density at radius 2 is 1.75 bits per heavy atom. The van der Waals surface area contributed by atoms with E-state index in [1.165, 1.54) is 0 Å². The summed E-state index contributed by atoms with van der Waals surface area (Å²) in [6.07, 6.45) is -0.184. The minimum Gasteiger partial charge on any atom is -0.459 e. The van der Waals surface area contributed by atoms with Crippen molar-refractivity contribution in [3.63, 3.8) is 0 Å². The van der Waals surface area contributed by atoms with Crippen LogP contribution in [-0.2, 0) is 4.74 Å². The molecule has 0 heterocycles. The third kappa shape index (κ3) is 5.25. The molecule has 0 atom stereocenters. The molecule has 2 rings (SSSR count). The molecule has 0 aliphatic rings. The number of rotatable bonds is 4. The van der Waals surface area contributed by atoms with E-state index in [0.29, 0.717) is 22.0 Å². The first kappa shape index (κ1) is 18.3. The number of hydrogen-bond acceptors (Lipinski definition) is 3. The maximum absolute atomic E-state index is 12.0. The molecule has 126 valence electrons. The molecule has 0 spiro atoms. The van der Waals surface area contributed by atoms with E-state index < -0.39 is 12.0 Å². The van der Waals surface area contributed by atoms with E-state index in [0.717, 1.165) is 4.47 Å². The molecule has 7 heteroatoms. The average molecular weight is 412 g/mol.